The molecule has 0 radical (unpaired) electrons. The van der Waals surface area contributed by atoms with Crippen LogP contribution < -0.4 is 0 Å². The van der Waals surface area contributed by atoms with Crippen LogP contribution in [0.1, 0.15) is 71.6 Å². The van der Waals surface area contributed by atoms with Gasteiger partial charge in [-0.1, -0.05) is 44.9 Å². The van der Waals surface area contributed by atoms with Gasteiger partial charge >= 0.3 is 0 Å². The van der Waals surface area contributed by atoms with Gasteiger partial charge in [0.1, 0.15) is 0 Å². The molecule has 0 aliphatic heterocycles. The molecule has 0 N–H and O–H groups in total. The van der Waals surface area contributed by atoms with Gasteiger partial charge in [-0.15, -0.1) is 11.3 Å². The van der Waals surface area contributed by atoms with Crippen LogP contribution in [0.3, 0.4) is 0 Å². The molecule has 0 bridgehead atoms. The lowest BCUT2D eigenvalue weighted by molar-refractivity contribution is 0.340. The molecule has 1 heteroatoms. The van der Waals surface area contributed by atoms with Gasteiger partial charge in [0.2, 0.25) is 0 Å². The summed E-state index contributed by atoms with van der Waals surface area (Å²) in [4.78, 5) is 1.53. The maximum Gasteiger partial charge on any atom is 0.0102 e. The molecule has 0 unspecified atom stereocenters. The monoisotopic (exact) mass is 276 g/mol. The fourth-order valence-electron chi connectivity index (χ4n) is 3.45. The summed E-state index contributed by atoms with van der Waals surface area (Å²) in [7, 11) is 0. The predicted molar refractivity (Wildman–Crippen MR) is 86.9 cm³/mol. The Hall–Kier alpha value is -0.560. The van der Waals surface area contributed by atoms with Crippen LogP contribution in [0.25, 0.3) is 0 Å². The summed E-state index contributed by atoms with van der Waals surface area (Å²) < 4.78 is 0. The molecule has 0 spiro atoms. The molecule has 1 aliphatic rings. The second kappa shape index (κ2) is 5.44. The smallest absolute Gasteiger partial charge is 0.0102 e. The molecule has 1 aliphatic carbocycles. The maximum absolute atomic E-state index is 2.43. The zero-order valence-electron chi connectivity index (χ0n) is 13.2. The molecule has 1 aromatic rings. The van der Waals surface area contributed by atoms with E-state index in [1.807, 2.05) is 11.3 Å². The van der Waals surface area contributed by atoms with E-state index in [-0.39, 0.29) is 0 Å². The van der Waals surface area contributed by atoms with E-state index >= 15 is 0 Å². The zero-order chi connectivity index (χ0) is 14.1. The summed E-state index contributed by atoms with van der Waals surface area (Å²) >= 11 is 1.90. The van der Waals surface area contributed by atoms with Gasteiger partial charge in [0.25, 0.3) is 0 Å². The van der Waals surface area contributed by atoms with Crippen molar-refractivity contribution in [2.75, 3.05) is 0 Å². The first-order valence-electron chi connectivity index (χ1n) is 7.56. The van der Waals surface area contributed by atoms with Crippen molar-refractivity contribution in [3.8, 4) is 0 Å². The number of hydrogen-bond donors (Lipinski definition) is 0. The highest BCUT2D eigenvalue weighted by atomic mass is 32.1. The standard InChI is InChI=1S/C18H28S/c1-14-8-6-11-17(2,3)15(14)10-12-18(4,5)16-9-7-13-19-16/h7,9,13H,6,8,10-12H2,1-5H3. The Kier molecular flexibility index (Phi) is 4.25. The molecule has 1 heterocycles. The first-order valence-corrected chi connectivity index (χ1v) is 8.44. The third-order valence-corrected chi connectivity index (χ3v) is 6.11. The fourth-order valence-corrected chi connectivity index (χ4v) is 4.33. The quantitative estimate of drug-likeness (QED) is 0.563. The largest absolute Gasteiger partial charge is 0.148 e. The first-order chi connectivity index (χ1) is 8.83. The van der Waals surface area contributed by atoms with Crippen LogP contribution in [0.15, 0.2) is 28.7 Å². The third kappa shape index (κ3) is 3.31. The van der Waals surface area contributed by atoms with Gasteiger partial charge in [-0.25, -0.2) is 0 Å². The lowest BCUT2D eigenvalue weighted by Crippen LogP contribution is -2.23. The molecular weight excluding hydrogens is 248 g/mol. The molecule has 19 heavy (non-hydrogen) atoms. The van der Waals surface area contributed by atoms with Crippen molar-refractivity contribution in [2.24, 2.45) is 5.41 Å². The van der Waals surface area contributed by atoms with Crippen LogP contribution in [-0.4, -0.2) is 0 Å². The predicted octanol–water partition coefficient (Wildman–Crippen LogP) is 6.33. The Labute approximate surface area is 122 Å². The summed E-state index contributed by atoms with van der Waals surface area (Å²) in [5, 5.41) is 2.20. The molecule has 0 atom stereocenters. The minimum atomic E-state index is 0.314. The van der Waals surface area contributed by atoms with Gasteiger partial charge in [-0.3, -0.25) is 0 Å². The highest BCUT2D eigenvalue weighted by molar-refractivity contribution is 7.10. The van der Waals surface area contributed by atoms with E-state index in [2.05, 4.69) is 52.1 Å². The maximum atomic E-state index is 2.43. The summed E-state index contributed by atoms with van der Waals surface area (Å²) in [6.07, 6.45) is 6.58. The highest BCUT2D eigenvalue weighted by Gasteiger charge is 2.30. The summed E-state index contributed by atoms with van der Waals surface area (Å²) in [6, 6.07) is 4.47. The van der Waals surface area contributed by atoms with Gasteiger partial charge in [-0.2, -0.15) is 0 Å². The second-order valence-corrected chi connectivity index (χ2v) is 8.31. The summed E-state index contributed by atoms with van der Waals surface area (Å²) in [5.41, 5.74) is 4.14. The Bertz CT molecular complexity index is 446. The molecule has 0 saturated heterocycles. The van der Waals surface area contributed by atoms with Crippen molar-refractivity contribution >= 4 is 11.3 Å². The van der Waals surface area contributed by atoms with Crippen molar-refractivity contribution in [3.05, 3.63) is 33.5 Å². The third-order valence-electron chi connectivity index (χ3n) is 4.87. The van der Waals surface area contributed by atoms with Crippen molar-refractivity contribution in [2.45, 2.75) is 72.1 Å². The highest BCUT2D eigenvalue weighted by Crippen LogP contribution is 2.44. The molecule has 0 fully saturated rings. The van der Waals surface area contributed by atoms with E-state index < -0.39 is 0 Å². The number of rotatable bonds is 4. The SMILES string of the molecule is CC1=C(CCC(C)(C)c2cccs2)C(C)(C)CCC1. The molecule has 1 aromatic heterocycles. The zero-order valence-corrected chi connectivity index (χ0v) is 14.0. The topological polar surface area (TPSA) is 0 Å². The van der Waals surface area contributed by atoms with Crippen LogP contribution in [0.4, 0.5) is 0 Å². The Morgan fingerprint density at radius 3 is 2.63 bits per heavy atom. The van der Waals surface area contributed by atoms with Crippen LogP contribution in [0, 0.1) is 5.41 Å². The minimum absolute atomic E-state index is 0.314. The van der Waals surface area contributed by atoms with Crippen molar-refractivity contribution < 1.29 is 0 Å². The minimum Gasteiger partial charge on any atom is -0.148 e. The lowest BCUT2D eigenvalue weighted by Gasteiger charge is -2.36. The van der Waals surface area contributed by atoms with E-state index in [4.69, 9.17) is 0 Å². The van der Waals surface area contributed by atoms with Crippen LogP contribution >= 0.6 is 11.3 Å². The number of thiophene rings is 1. The molecule has 0 saturated carbocycles. The average Bonchev–Trinajstić information content (AvgIpc) is 2.81. The molecule has 2 rings (SSSR count). The van der Waals surface area contributed by atoms with E-state index in [0.29, 0.717) is 10.8 Å². The summed E-state index contributed by atoms with van der Waals surface area (Å²) in [6.45, 7) is 12.0. The van der Waals surface area contributed by atoms with E-state index in [9.17, 15) is 0 Å². The van der Waals surface area contributed by atoms with Gasteiger partial charge in [-0.05, 0) is 61.3 Å². The van der Waals surface area contributed by atoms with Crippen LogP contribution in [0.5, 0.6) is 0 Å². The van der Waals surface area contributed by atoms with Crippen LogP contribution in [0.2, 0.25) is 0 Å². The molecular formula is C18H28S. The van der Waals surface area contributed by atoms with Gasteiger partial charge in [0.05, 0.1) is 0 Å². The molecule has 106 valence electrons. The average molecular weight is 276 g/mol. The second-order valence-electron chi connectivity index (χ2n) is 7.36. The van der Waals surface area contributed by atoms with Crippen molar-refractivity contribution in [3.63, 3.8) is 0 Å². The molecule has 0 nitrogen and oxygen atoms in total. The van der Waals surface area contributed by atoms with E-state index in [0.717, 1.165) is 0 Å². The number of hydrogen-bond acceptors (Lipinski definition) is 1. The number of allylic oxidation sites excluding steroid dienone is 2. The van der Waals surface area contributed by atoms with Gasteiger partial charge in [0, 0.05) is 4.88 Å². The lowest BCUT2D eigenvalue weighted by atomic mass is 9.69. The van der Waals surface area contributed by atoms with Gasteiger partial charge in [0.15, 0.2) is 0 Å². The van der Waals surface area contributed by atoms with E-state index in [1.165, 1.54) is 37.0 Å². The Morgan fingerprint density at radius 1 is 1.32 bits per heavy atom. The summed E-state index contributed by atoms with van der Waals surface area (Å²) in [5.74, 6) is 0. The Balaban J connectivity index is 2.10. The van der Waals surface area contributed by atoms with Crippen molar-refractivity contribution in [1.29, 1.82) is 0 Å². The molecule has 0 aromatic carbocycles. The van der Waals surface area contributed by atoms with Crippen LogP contribution in [-0.2, 0) is 5.41 Å². The molecule has 0 amide bonds. The Morgan fingerprint density at radius 2 is 2.05 bits per heavy atom. The first kappa shape index (κ1) is 14.8. The van der Waals surface area contributed by atoms with Crippen molar-refractivity contribution in [1.82, 2.24) is 0 Å². The fraction of sp³-hybridized carbons (Fsp3) is 0.667. The van der Waals surface area contributed by atoms with E-state index in [1.54, 1.807) is 11.1 Å². The van der Waals surface area contributed by atoms with Gasteiger partial charge < -0.3 is 0 Å². The normalized spacial score (nSPS) is 19.8.